The summed E-state index contributed by atoms with van der Waals surface area (Å²) in [4.78, 5) is 50.4. The molecule has 0 bridgehead atoms. The quantitative estimate of drug-likeness (QED) is 0.186. The number of nitrogens with two attached hydrogens (primary N) is 1. The Morgan fingerprint density at radius 3 is 1.81 bits per heavy atom. The molecule has 10 nitrogen and oxygen atoms in total. The van der Waals surface area contributed by atoms with E-state index in [1.807, 2.05) is 6.07 Å². The zero-order valence-electron chi connectivity index (χ0n) is 20.8. The van der Waals surface area contributed by atoms with Crippen LogP contribution in [0.4, 0.5) is 0 Å². The molecule has 4 atom stereocenters. The molecule has 0 fully saturated rings. The maximum atomic E-state index is 13.2. The van der Waals surface area contributed by atoms with Gasteiger partial charge in [-0.3, -0.25) is 14.4 Å². The highest BCUT2D eigenvalue weighted by Gasteiger charge is 2.30. The first-order chi connectivity index (χ1) is 17.5. The summed E-state index contributed by atoms with van der Waals surface area (Å²) in [5.41, 5.74) is 7.31. The number of thiol groups is 1. The summed E-state index contributed by atoms with van der Waals surface area (Å²) in [5, 5.41) is 26.7. The van der Waals surface area contributed by atoms with E-state index in [4.69, 9.17) is 5.73 Å². The number of benzene rings is 2. The molecule has 4 unspecified atom stereocenters. The lowest BCUT2D eigenvalue weighted by Gasteiger charge is -2.25. The number of aliphatic carboxylic acids is 1. The predicted octanol–water partition coefficient (Wildman–Crippen LogP) is 0.630. The number of amides is 3. The van der Waals surface area contributed by atoms with Crippen molar-refractivity contribution in [3.8, 4) is 5.75 Å². The molecule has 0 aliphatic carbocycles. The fraction of sp³-hybridized carbons (Fsp3) is 0.385. The molecule has 0 aliphatic rings. The zero-order chi connectivity index (χ0) is 27.5. The molecule has 0 saturated carbocycles. The smallest absolute Gasteiger partial charge is 0.326 e. The van der Waals surface area contributed by atoms with Crippen molar-refractivity contribution in [2.45, 2.75) is 50.9 Å². The zero-order valence-corrected chi connectivity index (χ0v) is 21.7. The lowest BCUT2D eigenvalue weighted by atomic mass is 10.0. The van der Waals surface area contributed by atoms with Gasteiger partial charge >= 0.3 is 5.97 Å². The van der Waals surface area contributed by atoms with Crippen molar-refractivity contribution in [2.24, 2.45) is 11.7 Å². The molecule has 3 amide bonds. The third-order valence-corrected chi connectivity index (χ3v) is 6.11. The number of hydrogen-bond donors (Lipinski definition) is 7. The largest absolute Gasteiger partial charge is 0.508 e. The van der Waals surface area contributed by atoms with E-state index in [1.165, 1.54) is 12.1 Å². The molecule has 0 saturated heterocycles. The minimum atomic E-state index is -1.28. The fourth-order valence-corrected chi connectivity index (χ4v) is 3.69. The van der Waals surface area contributed by atoms with Gasteiger partial charge in [0.05, 0.1) is 6.04 Å². The van der Waals surface area contributed by atoms with Gasteiger partial charge in [-0.2, -0.15) is 12.6 Å². The van der Waals surface area contributed by atoms with E-state index in [0.29, 0.717) is 5.56 Å². The number of carboxylic acid groups (broad SMARTS) is 1. The lowest BCUT2D eigenvalue weighted by Crippen LogP contribution is -2.58. The summed E-state index contributed by atoms with van der Waals surface area (Å²) in [6.07, 6.45) is 0.122. The molecule has 11 heteroatoms. The van der Waals surface area contributed by atoms with Gasteiger partial charge in [0.1, 0.15) is 23.9 Å². The molecular weight excluding hydrogens is 496 g/mol. The van der Waals surface area contributed by atoms with E-state index >= 15 is 0 Å². The second-order valence-corrected chi connectivity index (χ2v) is 9.40. The predicted molar refractivity (Wildman–Crippen MR) is 142 cm³/mol. The molecule has 7 N–H and O–H groups in total. The van der Waals surface area contributed by atoms with Crippen molar-refractivity contribution in [2.75, 3.05) is 5.75 Å². The third kappa shape index (κ3) is 9.43. The highest BCUT2D eigenvalue weighted by molar-refractivity contribution is 7.80. The van der Waals surface area contributed by atoms with E-state index in [2.05, 4.69) is 28.6 Å². The molecule has 2 rings (SSSR count). The van der Waals surface area contributed by atoms with E-state index in [-0.39, 0.29) is 30.3 Å². The first kappa shape index (κ1) is 29.7. The van der Waals surface area contributed by atoms with Crippen LogP contribution in [0.1, 0.15) is 25.0 Å². The van der Waals surface area contributed by atoms with Gasteiger partial charge in [0.15, 0.2) is 0 Å². The van der Waals surface area contributed by atoms with Crippen LogP contribution in [0.3, 0.4) is 0 Å². The third-order valence-electron chi connectivity index (χ3n) is 5.74. The Bertz CT molecular complexity index is 1060. The van der Waals surface area contributed by atoms with Crippen molar-refractivity contribution in [3.05, 3.63) is 65.7 Å². The van der Waals surface area contributed by atoms with Gasteiger partial charge in [0, 0.05) is 18.6 Å². The number of hydrogen-bond acceptors (Lipinski definition) is 7. The van der Waals surface area contributed by atoms with Crippen LogP contribution >= 0.6 is 12.6 Å². The van der Waals surface area contributed by atoms with Gasteiger partial charge in [0.2, 0.25) is 17.7 Å². The molecule has 0 spiro atoms. The molecule has 2 aromatic rings. The van der Waals surface area contributed by atoms with Crippen LogP contribution in [0.15, 0.2) is 54.6 Å². The Kier molecular flexibility index (Phi) is 11.4. The van der Waals surface area contributed by atoms with E-state index in [0.717, 1.165) is 5.56 Å². The summed E-state index contributed by atoms with van der Waals surface area (Å²) >= 11 is 4.15. The first-order valence-corrected chi connectivity index (χ1v) is 12.5. The molecular formula is C26H34N4O6S. The SMILES string of the molecule is CC(C)C(N)C(=O)NC(Cc1ccccc1)C(=O)NC(CS)C(=O)NC(Cc1ccc(O)cc1)C(=O)O. The van der Waals surface area contributed by atoms with E-state index in [1.54, 1.807) is 50.2 Å². The van der Waals surface area contributed by atoms with Crippen LogP contribution in [-0.2, 0) is 32.0 Å². The average Bonchev–Trinajstić information content (AvgIpc) is 2.87. The Hall–Kier alpha value is -3.57. The van der Waals surface area contributed by atoms with Crippen LogP contribution in [0.25, 0.3) is 0 Å². The summed E-state index contributed by atoms with van der Waals surface area (Å²) in [7, 11) is 0. The number of carbonyl (C=O) groups excluding carboxylic acids is 3. The fourth-order valence-electron chi connectivity index (χ4n) is 3.44. The topological polar surface area (TPSA) is 171 Å². The lowest BCUT2D eigenvalue weighted by molar-refractivity contribution is -0.142. The Balaban J connectivity index is 2.13. The normalized spacial score (nSPS) is 14.2. The maximum Gasteiger partial charge on any atom is 0.326 e. The van der Waals surface area contributed by atoms with Crippen LogP contribution in [0, 0.1) is 5.92 Å². The van der Waals surface area contributed by atoms with Crippen LogP contribution in [0.5, 0.6) is 5.75 Å². The minimum Gasteiger partial charge on any atom is -0.508 e. The summed E-state index contributed by atoms with van der Waals surface area (Å²) in [6, 6.07) is 10.7. The second-order valence-electron chi connectivity index (χ2n) is 9.03. The number of phenolic OH excluding ortho intramolecular Hbond substituents is 1. The Labute approximate surface area is 221 Å². The maximum absolute atomic E-state index is 13.2. The number of rotatable bonds is 13. The van der Waals surface area contributed by atoms with Gasteiger partial charge in [-0.25, -0.2) is 4.79 Å². The molecule has 0 aliphatic heterocycles. The summed E-state index contributed by atoms with van der Waals surface area (Å²) in [6.45, 7) is 3.57. The van der Waals surface area contributed by atoms with E-state index < -0.39 is 47.9 Å². The molecule has 0 aromatic heterocycles. The number of carbonyl (C=O) groups is 4. The standard InChI is InChI=1S/C26H34N4O6S/c1-15(2)22(27)25(34)28-19(12-16-6-4-3-5-7-16)23(32)30-21(14-37)24(33)29-20(26(35)36)13-17-8-10-18(31)11-9-17/h3-11,15,19-22,31,37H,12-14,27H2,1-2H3,(H,28,34)(H,29,33)(H,30,32)(H,35,36). The molecule has 200 valence electrons. The van der Waals surface area contributed by atoms with Crippen molar-refractivity contribution < 1.29 is 29.4 Å². The summed E-state index contributed by atoms with van der Waals surface area (Å²) < 4.78 is 0. The van der Waals surface area contributed by atoms with Crippen LogP contribution in [0.2, 0.25) is 0 Å². The molecule has 0 radical (unpaired) electrons. The molecule has 0 heterocycles. The highest BCUT2D eigenvalue weighted by atomic mass is 32.1. The number of phenols is 1. The van der Waals surface area contributed by atoms with Crippen molar-refractivity contribution in [1.29, 1.82) is 0 Å². The monoisotopic (exact) mass is 530 g/mol. The van der Waals surface area contributed by atoms with Gasteiger partial charge in [0.25, 0.3) is 0 Å². The van der Waals surface area contributed by atoms with Gasteiger partial charge in [-0.05, 0) is 29.2 Å². The van der Waals surface area contributed by atoms with Gasteiger partial charge in [-0.1, -0.05) is 56.3 Å². The van der Waals surface area contributed by atoms with Crippen molar-refractivity contribution >= 4 is 36.3 Å². The number of aromatic hydroxyl groups is 1. The van der Waals surface area contributed by atoms with Crippen molar-refractivity contribution in [1.82, 2.24) is 16.0 Å². The highest BCUT2D eigenvalue weighted by Crippen LogP contribution is 2.12. The van der Waals surface area contributed by atoms with E-state index in [9.17, 15) is 29.4 Å². The first-order valence-electron chi connectivity index (χ1n) is 11.8. The summed E-state index contributed by atoms with van der Waals surface area (Å²) in [5.74, 6) is -3.37. The second kappa shape index (κ2) is 14.2. The van der Waals surface area contributed by atoms with Crippen molar-refractivity contribution in [3.63, 3.8) is 0 Å². The average molecular weight is 531 g/mol. The number of nitrogens with one attached hydrogen (secondary N) is 3. The minimum absolute atomic E-state index is 0.0315. The Morgan fingerprint density at radius 1 is 0.784 bits per heavy atom. The number of carboxylic acids is 1. The Morgan fingerprint density at radius 2 is 1.27 bits per heavy atom. The van der Waals surface area contributed by atoms with Gasteiger partial charge < -0.3 is 31.9 Å². The molecule has 37 heavy (non-hydrogen) atoms. The van der Waals surface area contributed by atoms with Gasteiger partial charge in [-0.15, -0.1) is 0 Å². The molecule has 2 aromatic carbocycles. The van der Waals surface area contributed by atoms with Crippen LogP contribution < -0.4 is 21.7 Å². The van der Waals surface area contributed by atoms with Crippen LogP contribution in [-0.4, -0.2) is 63.8 Å².